The van der Waals surface area contributed by atoms with Crippen LogP contribution in [0.5, 0.6) is 11.5 Å². The van der Waals surface area contributed by atoms with Gasteiger partial charge >= 0.3 is 0 Å². The summed E-state index contributed by atoms with van der Waals surface area (Å²) < 4.78 is 5.87. The number of anilines is 2. The van der Waals surface area contributed by atoms with Gasteiger partial charge in [-0.25, -0.2) is 0 Å². The molecule has 66 heavy (non-hydrogen) atoms. The number of nitrogens with one attached hydrogen (secondary N) is 2. The minimum atomic E-state index is -0.177. The second kappa shape index (κ2) is 24.5. The quantitative estimate of drug-likeness (QED) is 0.103. The van der Waals surface area contributed by atoms with E-state index in [9.17, 15) is 19.5 Å². The molecule has 11 heteroatoms. The standard InChI is InChI=1S/C23H24N2O2.C15H15NO2.C9H11NO.C8H11NO/c1-15-6-5-7-22(17(15)3)25-23(26)19-8-10-20(11-9-19)27-14-21-16(2)12-13-24-18(21)4;1-10-4-3-5-14(11(10)2)16-15(18)12-6-8-13(17)9-7-12;1-6-4-5-10-7(2)9(6)8(3)11;1-6-3-4-9-7(2)8(6)5-10/h5-13H,14H2,1-4H3,(H,25,26);3-9,17H,1-2H3,(H,16,18);4-5H,1-3H3;3-4,10H,5H2,1-2H3. The number of aliphatic hydroxyl groups excluding tert-OH is 1. The number of carbonyl (C=O) groups is 3. The van der Waals surface area contributed by atoms with Gasteiger partial charge in [0.05, 0.1) is 6.61 Å². The number of nitrogens with zero attached hydrogens (tertiary/aromatic N) is 3. The molecule has 4 N–H and O–H groups in total. The van der Waals surface area contributed by atoms with Crippen molar-refractivity contribution in [1.82, 2.24) is 15.0 Å². The van der Waals surface area contributed by atoms with E-state index in [2.05, 4.69) is 25.6 Å². The van der Waals surface area contributed by atoms with Gasteiger partial charge in [0, 0.05) is 74.9 Å². The summed E-state index contributed by atoms with van der Waals surface area (Å²) in [5.41, 5.74) is 16.0. The Hall–Kier alpha value is -7.50. The lowest BCUT2D eigenvalue weighted by atomic mass is 10.1. The molecule has 0 bridgehead atoms. The number of Topliss-reactive ketones (excluding diaryl/α,β-unsaturated/α-hetero) is 1. The van der Waals surface area contributed by atoms with Crippen molar-refractivity contribution in [2.24, 2.45) is 0 Å². The van der Waals surface area contributed by atoms with E-state index in [-0.39, 0.29) is 30.0 Å². The minimum absolute atomic E-state index is 0.0888. The highest BCUT2D eigenvalue weighted by Gasteiger charge is 2.11. The third-order valence-electron chi connectivity index (χ3n) is 11.2. The zero-order chi connectivity index (χ0) is 48.5. The molecule has 11 nitrogen and oxygen atoms in total. The number of phenolic OH excluding ortho intramolecular Hbond substituents is 1. The smallest absolute Gasteiger partial charge is 0.255 e. The van der Waals surface area contributed by atoms with E-state index in [1.54, 1.807) is 49.8 Å². The molecule has 0 saturated heterocycles. The van der Waals surface area contributed by atoms with Crippen LogP contribution in [0.25, 0.3) is 0 Å². The maximum Gasteiger partial charge on any atom is 0.255 e. The van der Waals surface area contributed by atoms with Gasteiger partial charge in [0.1, 0.15) is 18.1 Å². The Balaban J connectivity index is 0.000000209. The predicted molar refractivity (Wildman–Crippen MR) is 264 cm³/mol. The summed E-state index contributed by atoms with van der Waals surface area (Å²) in [6.07, 6.45) is 5.28. The molecule has 0 fully saturated rings. The van der Waals surface area contributed by atoms with E-state index in [1.807, 2.05) is 136 Å². The fourth-order valence-corrected chi connectivity index (χ4v) is 6.77. The van der Waals surface area contributed by atoms with Crippen LogP contribution in [0.1, 0.15) is 105 Å². The number of rotatable bonds is 9. The highest BCUT2D eigenvalue weighted by Crippen LogP contribution is 2.22. The first kappa shape index (κ1) is 51.1. The first-order valence-corrected chi connectivity index (χ1v) is 21.5. The summed E-state index contributed by atoms with van der Waals surface area (Å²) in [5, 5.41) is 23.9. The van der Waals surface area contributed by atoms with Crippen LogP contribution in [0.2, 0.25) is 0 Å². The number of ether oxygens (including phenoxy) is 1. The van der Waals surface area contributed by atoms with E-state index < -0.39 is 0 Å². The molecular formula is C55H61N5O6. The molecule has 7 rings (SSSR count). The Kier molecular flexibility index (Phi) is 19.0. The summed E-state index contributed by atoms with van der Waals surface area (Å²) in [4.78, 5) is 47.9. The largest absolute Gasteiger partial charge is 0.508 e. The van der Waals surface area contributed by atoms with Gasteiger partial charge in [0.2, 0.25) is 0 Å². The molecule has 2 amide bonds. The van der Waals surface area contributed by atoms with Crippen LogP contribution in [-0.4, -0.2) is 42.8 Å². The van der Waals surface area contributed by atoms with E-state index in [0.717, 1.165) is 89.8 Å². The van der Waals surface area contributed by atoms with Gasteiger partial charge in [0.25, 0.3) is 11.8 Å². The minimum Gasteiger partial charge on any atom is -0.508 e. The Morgan fingerprint density at radius 1 is 0.515 bits per heavy atom. The summed E-state index contributed by atoms with van der Waals surface area (Å²) in [7, 11) is 0. The summed E-state index contributed by atoms with van der Waals surface area (Å²) >= 11 is 0. The van der Waals surface area contributed by atoms with E-state index in [1.165, 1.54) is 12.1 Å². The topological polar surface area (TPSA) is 164 Å². The number of amides is 2. The van der Waals surface area contributed by atoms with Crippen molar-refractivity contribution in [1.29, 1.82) is 0 Å². The SMILES string of the molecule is CC(=O)c1c(C)ccnc1C.Cc1cccc(NC(=O)c2ccc(O)cc2)c1C.Cc1cccc(NC(=O)c2ccc(OCc3c(C)ccnc3C)cc2)c1C.Cc1ccnc(C)c1CO. The second-order valence-corrected chi connectivity index (χ2v) is 15.9. The highest BCUT2D eigenvalue weighted by molar-refractivity contribution is 6.05. The van der Waals surface area contributed by atoms with Crippen molar-refractivity contribution < 1.29 is 29.3 Å². The van der Waals surface area contributed by atoms with Crippen LogP contribution < -0.4 is 15.4 Å². The average molecular weight is 888 g/mol. The van der Waals surface area contributed by atoms with Crippen LogP contribution in [0, 0.1) is 69.2 Å². The molecule has 0 aliphatic carbocycles. The Morgan fingerprint density at radius 3 is 1.33 bits per heavy atom. The maximum atomic E-state index is 12.5. The molecule has 4 aromatic carbocycles. The van der Waals surface area contributed by atoms with Crippen LogP contribution in [0.15, 0.2) is 122 Å². The lowest BCUT2D eigenvalue weighted by molar-refractivity contribution is 0.101. The molecule has 0 atom stereocenters. The van der Waals surface area contributed by atoms with Gasteiger partial charge < -0.3 is 25.6 Å². The van der Waals surface area contributed by atoms with E-state index >= 15 is 0 Å². The summed E-state index contributed by atoms with van der Waals surface area (Å²) in [6, 6.07) is 30.8. The molecule has 0 spiro atoms. The monoisotopic (exact) mass is 887 g/mol. The zero-order valence-corrected chi connectivity index (χ0v) is 39.8. The molecule has 3 heterocycles. The van der Waals surface area contributed by atoms with Crippen LogP contribution in [0.3, 0.4) is 0 Å². The number of aromatic hydroxyl groups is 1. The van der Waals surface area contributed by atoms with E-state index in [0.29, 0.717) is 17.7 Å². The predicted octanol–water partition coefficient (Wildman–Crippen LogP) is 11.5. The van der Waals surface area contributed by atoms with Crippen molar-refractivity contribution in [3.8, 4) is 11.5 Å². The number of carbonyl (C=O) groups excluding carboxylic acids is 3. The van der Waals surface area contributed by atoms with Crippen molar-refractivity contribution in [3.05, 3.63) is 206 Å². The van der Waals surface area contributed by atoms with Gasteiger partial charge in [-0.3, -0.25) is 29.3 Å². The average Bonchev–Trinajstić information content (AvgIpc) is 3.28. The third-order valence-corrected chi connectivity index (χ3v) is 11.2. The number of pyridine rings is 3. The lowest BCUT2D eigenvalue weighted by Gasteiger charge is -2.12. The van der Waals surface area contributed by atoms with Crippen LogP contribution >= 0.6 is 0 Å². The number of hydrogen-bond acceptors (Lipinski definition) is 9. The third kappa shape index (κ3) is 14.5. The normalized spacial score (nSPS) is 10.2. The fourth-order valence-electron chi connectivity index (χ4n) is 6.77. The second-order valence-electron chi connectivity index (χ2n) is 15.9. The molecule has 0 unspecified atom stereocenters. The van der Waals surface area contributed by atoms with Gasteiger partial charge in [-0.1, -0.05) is 24.3 Å². The summed E-state index contributed by atoms with van der Waals surface area (Å²) in [5.74, 6) is 0.658. The molecule has 0 aliphatic heterocycles. The Bertz CT molecular complexity index is 2710. The molecular weight excluding hydrogens is 827 g/mol. The highest BCUT2D eigenvalue weighted by atomic mass is 16.5. The zero-order valence-electron chi connectivity index (χ0n) is 39.8. The van der Waals surface area contributed by atoms with Gasteiger partial charge in [-0.05, 0) is 194 Å². The number of aliphatic hydroxyl groups is 1. The van der Waals surface area contributed by atoms with Crippen molar-refractivity contribution in [2.75, 3.05) is 10.6 Å². The molecule has 0 saturated carbocycles. The first-order chi connectivity index (χ1) is 31.4. The fraction of sp³-hybridized carbons (Fsp3) is 0.236. The molecule has 7 aromatic rings. The number of aryl methyl sites for hydroxylation is 8. The van der Waals surface area contributed by atoms with Crippen LogP contribution in [0.4, 0.5) is 11.4 Å². The summed E-state index contributed by atoms with van der Waals surface area (Å²) in [6.45, 7) is 21.8. The Labute approximate surface area is 389 Å². The van der Waals surface area contributed by atoms with Gasteiger partial charge in [0.15, 0.2) is 5.78 Å². The van der Waals surface area contributed by atoms with Gasteiger partial charge in [-0.2, -0.15) is 0 Å². The molecule has 342 valence electrons. The first-order valence-electron chi connectivity index (χ1n) is 21.5. The van der Waals surface area contributed by atoms with Crippen molar-refractivity contribution in [2.45, 2.75) is 89.4 Å². The van der Waals surface area contributed by atoms with Gasteiger partial charge in [-0.15, -0.1) is 0 Å². The lowest BCUT2D eigenvalue weighted by Crippen LogP contribution is -2.13. The number of phenols is 1. The van der Waals surface area contributed by atoms with Crippen molar-refractivity contribution in [3.63, 3.8) is 0 Å². The number of benzene rings is 4. The number of ketones is 1. The van der Waals surface area contributed by atoms with E-state index in [4.69, 9.17) is 9.84 Å². The molecule has 0 radical (unpaired) electrons. The van der Waals surface area contributed by atoms with Crippen molar-refractivity contribution >= 4 is 29.0 Å². The number of aromatic nitrogens is 3. The Morgan fingerprint density at radius 2 is 0.939 bits per heavy atom. The number of hydrogen-bond donors (Lipinski definition) is 4. The molecule has 0 aliphatic rings. The maximum absolute atomic E-state index is 12.5. The van der Waals surface area contributed by atoms with Crippen LogP contribution in [-0.2, 0) is 13.2 Å². The molecule has 3 aromatic heterocycles.